The van der Waals surface area contributed by atoms with E-state index in [1.807, 2.05) is 0 Å². The number of allylic oxidation sites excluding steroid dienone is 1. The molecular weight excluding hydrogens is 210 g/mol. The summed E-state index contributed by atoms with van der Waals surface area (Å²) in [4.78, 5) is 2.73. The molecule has 1 rings (SSSR count). The summed E-state index contributed by atoms with van der Waals surface area (Å²) in [5.74, 6) is 0. The van der Waals surface area contributed by atoms with Gasteiger partial charge in [-0.05, 0) is 39.0 Å². The van der Waals surface area contributed by atoms with Crippen molar-refractivity contribution in [3.63, 3.8) is 0 Å². The lowest BCUT2D eigenvalue weighted by molar-refractivity contribution is 0.387. The fourth-order valence-electron chi connectivity index (χ4n) is 3.24. The van der Waals surface area contributed by atoms with Gasteiger partial charge in [0.1, 0.15) is 0 Å². The van der Waals surface area contributed by atoms with Crippen LogP contribution in [0.15, 0.2) is 11.8 Å². The van der Waals surface area contributed by atoms with Gasteiger partial charge in [-0.1, -0.05) is 50.6 Å². The van der Waals surface area contributed by atoms with Gasteiger partial charge in [0.05, 0.1) is 8.07 Å². The third kappa shape index (κ3) is 4.06. The van der Waals surface area contributed by atoms with E-state index >= 15 is 0 Å². The maximum atomic E-state index is 2.73. The van der Waals surface area contributed by atoms with Gasteiger partial charge >= 0.3 is 0 Å². The number of hydrogen-bond donors (Lipinski definition) is 0. The smallest absolute Gasteiger partial charge is 0.0917 e. The summed E-state index contributed by atoms with van der Waals surface area (Å²) >= 11 is 0. The molecule has 0 aromatic carbocycles. The van der Waals surface area contributed by atoms with Crippen LogP contribution in [0.2, 0.25) is 12.1 Å². The SMILES string of the molecule is C/C=C\[Si](CCC)(CCC)CN1CCCC1. The second-order valence-electron chi connectivity index (χ2n) is 5.35. The number of rotatable bonds is 7. The Balaban J connectivity index is 2.64. The first-order valence-electron chi connectivity index (χ1n) is 7.12. The second-order valence-corrected chi connectivity index (χ2v) is 9.72. The largest absolute Gasteiger partial charge is 0.306 e. The molecule has 0 saturated carbocycles. The predicted octanol–water partition coefficient (Wildman–Crippen LogP) is 4.01. The molecule has 0 aromatic rings. The zero-order valence-electron chi connectivity index (χ0n) is 11.5. The van der Waals surface area contributed by atoms with Crippen molar-refractivity contribution in [3.05, 3.63) is 11.8 Å². The zero-order chi connectivity index (χ0) is 11.9. The molecule has 2 heteroatoms. The quantitative estimate of drug-likeness (QED) is 0.607. The molecule has 0 atom stereocenters. The van der Waals surface area contributed by atoms with E-state index in [0.29, 0.717) is 0 Å². The maximum Gasteiger partial charge on any atom is 0.0917 e. The summed E-state index contributed by atoms with van der Waals surface area (Å²) in [6.07, 6.45) is 9.35. The Labute approximate surface area is 103 Å². The van der Waals surface area contributed by atoms with Gasteiger partial charge in [-0.2, -0.15) is 0 Å². The van der Waals surface area contributed by atoms with Crippen LogP contribution >= 0.6 is 0 Å². The van der Waals surface area contributed by atoms with Gasteiger partial charge in [0, 0.05) is 0 Å². The van der Waals surface area contributed by atoms with Crippen molar-refractivity contribution in [1.29, 1.82) is 0 Å². The average molecular weight is 239 g/mol. The van der Waals surface area contributed by atoms with Crippen LogP contribution in [0.4, 0.5) is 0 Å². The Morgan fingerprint density at radius 1 is 1.06 bits per heavy atom. The van der Waals surface area contributed by atoms with Crippen LogP contribution < -0.4 is 0 Å². The van der Waals surface area contributed by atoms with Crippen LogP contribution in [-0.4, -0.2) is 32.2 Å². The first-order chi connectivity index (χ1) is 7.76. The minimum Gasteiger partial charge on any atom is -0.306 e. The molecule has 94 valence electrons. The monoisotopic (exact) mass is 239 g/mol. The Hall–Kier alpha value is -0.0831. The lowest BCUT2D eigenvalue weighted by Crippen LogP contribution is -2.45. The average Bonchev–Trinajstić information content (AvgIpc) is 2.71. The van der Waals surface area contributed by atoms with E-state index in [0.717, 1.165) is 0 Å². The summed E-state index contributed by atoms with van der Waals surface area (Å²) in [7, 11) is -1.12. The zero-order valence-corrected chi connectivity index (χ0v) is 12.5. The van der Waals surface area contributed by atoms with Crippen LogP contribution in [-0.2, 0) is 0 Å². The number of nitrogens with zero attached hydrogens (tertiary/aromatic N) is 1. The Bertz CT molecular complexity index is 201. The van der Waals surface area contributed by atoms with Crippen molar-refractivity contribution >= 4 is 8.07 Å². The molecule has 1 saturated heterocycles. The molecule has 1 aliphatic rings. The predicted molar refractivity (Wildman–Crippen MR) is 76.4 cm³/mol. The van der Waals surface area contributed by atoms with Gasteiger partial charge in [-0.15, -0.1) is 0 Å². The highest BCUT2D eigenvalue weighted by atomic mass is 28.3. The van der Waals surface area contributed by atoms with Crippen molar-refractivity contribution in [1.82, 2.24) is 4.90 Å². The fraction of sp³-hybridized carbons (Fsp3) is 0.857. The Morgan fingerprint density at radius 3 is 2.06 bits per heavy atom. The van der Waals surface area contributed by atoms with E-state index in [9.17, 15) is 0 Å². The Morgan fingerprint density at radius 2 is 1.62 bits per heavy atom. The van der Waals surface area contributed by atoms with Crippen molar-refractivity contribution < 1.29 is 0 Å². The van der Waals surface area contributed by atoms with Gasteiger partial charge in [-0.25, -0.2) is 0 Å². The fourth-order valence-corrected chi connectivity index (χ4v) is 8.15. The molecule has 1 heterocycles. The van der Waals surface area contributed by atoms with Crippen LogP contribution in [0.5, 0.6) is 0 Å². The van der Waals surface area contributed by atoms with Crippen molar-refractivity contribution in [2.45, 2.75) is 58.5 Å². The molecule has 0 N–H and O–H groups in total. The summed E-state index contributed by atoms with van der Waals surface area (Å²) in [5.41, 5.74) is 2.62. The number of hydrogen-bond acceptors (Lipinski definition) is 1. The summed E-state index contributed by atoms with van der Waals surface area (Å²) < 4.78 is 0. The molecule has 0 aromatic heterocycles. The first kappa shape index (κ1) is 14.0. The minimum absolute atomic E-state index is 1.12. The van der Waals surface area contributed by atoms with Crippen molar-refractivity contribution in [3.8, 4) is 0 Å². The molecule has 0 radical (unpaired) electrons. The van der Waals surface area contributed by atoms with Crippen molar-refractivity contribution in [2.75, 3.05) is 19.3 Å². The van der Waals surface area contributed by atoms with E-state index in [-0.39, 0.29) is 0 Å². The molecule has 1 fully saturated rings. The molecule has 0 spiro atoms. The van der Waals surface area contributed by atoms with Gasteiger partial charge in [-0.3, -0.25) is 0 Å². The normalized spacial score (nSPS) is 18.7. The molecule has 16 heavy (non-hydrogen) atoms. The Kier molecular flexibility index (Phi) is 6.36. The minimum atomic E-state index is -1.12. The van der Waals surface area contributed by atoms with Crippen molar-refractivity contribution in [2.24, 2.45) is 0 Å². The summed E-state index contributed by atoms with van der Waals surface area (Å²) in [5, 5.41) is 0. The highest BCUT2D eigenvalue weighted by Gasteiger charge is 2.31. The topological polar surface area (TPSA) is 3.24 Å². The highest BCUT2D eigenvalue weighted by molar-refractivity contribution is 6.84. The molecule has 0 unspecified atom stereocenters. The summed E-state index contributed by atoms with van der Waals surface area (Å²) in [6, 6.07) is 2.98. The van der Waals surface area contributed by atoms with Crippen LogP contribution in [0.1, 0.15) is 46.5 Å². The third-order valence-corrected chi connectivity index (χ3v) is 8.86. The maximum absolute atomic E-state index is 2.73. The van der Waals surface area contributed by atoms with Gasteiger partial charge in [0.2, 0.25) is 0 Å². The van der Waals surface area contributed by atoms with Crippen LogP contribution in [0, 0.1) is 0 Å². The van der Waals surface area contributed by atoms with Gasteiger partial charge in [0.25, 0.3) is 0 Å². The second kappa shape index (κ2) is 7.28. The highest BCUT2D eigenvalue weighted by Crippen LogP contribution is 2.24. The lowest BCUT2D eigenvalue weighted by atomic mass is 10.4. The van der Waals surface area contributed by atoms with E-state index in [1.165, 1.54) is 57.0 Å². The van der Waals surface area contributed by atoms with E-state index in [4.69, 9.17) is 0 Å². The van der Waals surface area contributed by atoms with Crippen LogP contribution in [0.3, 0.4) is 0 Å². The third-order valence-electron chi connectivity index (χ3n) is 3.75. The summed E-state index contributed by atoms with van der Waals surface area (Å²) in [6.45, 7) is 9.63. The molecule has 0 aliphatic carbocycles. The molecule has 1 nitrogen and oxygen atoms in total. The van der Waals surface area contributed by atoms with Gasteiger partial charge < -0.3 is 4.90 Å². The van der Waals surface area contributed by atoms with E-state index in [1.54, 1.807) is 0 Å². The first-order valence-corrected chi connectivity index (χ1v) is 9.82. The van der Waals surface area contributed by atoms with Crippen LogP contribution in [0.25, 0.3) is 0 Å². The molecule has 0 bridgehead atoms. The van der Waals surface area contributed by atoms with E-state index in [2.05, 4.69) is 37.4 Å². The molecular formula is C14H29NSi. The van der Waals surface area contributed by atoms with Gasteiger partial charge in [0.15, 0.2) is 0 Å². The standard InChI is InChI=1S/C14H29NSi/c1-4-11-16(12-5-2,13-6-3)14-15-9-7-8-10-15/h4,11H,5-10,12-14H2,1-3H3/b11-4-. The molecule has 1 aliphatic heterocycles. The lowest BCUT2D eigenvalue weighted by Gasteiger charge is -2.32. The van der Waals surface area contributed by atoms with E-state index < -0.39 is 8.07 Å². The number of likely N-dealkylation sites (tertiary alicyclic amines) is 1. The molecule has 0 amide bonds.